The fourth-order valence-corrected chi connectivity index (χ4v) is 2.19. The Morgan fingerprint density at radius 3 is 2.21 bits per heavy atom. The van der Waals surface area contributed by atoms with Gasteiger partial charge in [0.15, 0.2) is 0 Å². The Balaban J connectivity index is 2.45. The zero-order valence-corrected chi connectivity index (χ0v) is 12.6. The lowest BCUT2D eigenvalue weighted by Gasteiger charge is -2.25. The van der Waals surface area contributed by atoms with Gasteiger partial charge >= 0.3 is 0 Å². The van der Waals surface area contributed by atoms with Crippen LogP contribution in [0.1, 0.15) is 33.1 Å². The molecule has 110 valence electrons. The van der Waals surface area contributed by atoms with Crippen LogP contribution in [-0.2, 0) is 9.59 Å². The highest BCUT2D eigenvalue weighted by Gasteiger charge is 2.29. The van der Waals surface area contributed by atoms with Crippen LogP contribution in [0.4, 0.5) is 0 Å². The molecule has 0 aliphatic heterocycles. The van der Waals surface area contributed by atoms with Gasteiger partial charge in [-0.15, -0.1) is 0 Å². The number of nitrogens with two attached hydrogens (primary N) is 1. The second-order valence-electron chi connectivity index (χ2n) is 6.06. The Labute approximate surface area is 116 Å². The Kier molecular flexibility index (Phi) is 5.79. The van der Waals surface area contributed by atoms with E-state index in [0.717, 1.165) is 6.54 Å². The van der Waals surface area contributed by atoms with Crippen LogP contribution in [0.25, 0.3) is 0 Å². The first-order valence-electron chi connectivity index (χ1n) is 7.07. The second kappa shape index (κ2) is 6.89. The molecule has 0 unspecified atom stereocenters. The fraction of sp³-hybridized carbons (Fsp3) is 0.857. The maximum atomic E-state index is 12.2. The topological polar surface area (TPSA) is 66.6 Å². The molecular weight excluding hydrogens is 242 g/mol. The number of carbonyl (C=O) groups is 2. The van der Waals surface area contributed by atoms with Gasteiger partial charge < -0.3 is 15.5 Å². The highest BCUT2D eigenvalue weighted by Crippen LogP contribution is 2.24. The van der Waals surface area contributed by atoms with Crippen molar-refractivity contribution in [2.24, 2.45) is 17.6 Å². The molecular formula is C14H27N3O2. The predicted octanol–water partition coefficient (Wildman–Crippen LogP) is 0.687. The number of primary amides is 1. The van der Waals surface area contributed by atoms with Gasteiger partial charge in [-0.3, -0.25) is 9.59 Å². The van der Waals surface area contributed by atoms with Crippen molar-refractivity contribution in [1.82, 2.24) is 9.80 Å². The molecule has 0 bridgehead atoms. The summed E-state index contributed by atoms with van der Waals surface area (Å²) in [6.07, 6.45) is 3.04. The lowest BCUT2D eigenvalue weighted by molar-refractivity contribution is -0.140. The van der Waals surface area contributed by atoms with Crippen LogP contribution in [0.3, 0.4) is 0 Å². The summed E-state index contributed by atoms with van der Waals surface area (Å²) in [5.41, 5.74) is 5.34. The molecule has 1 fully saturated rings. The van der Waals surface area contributed by atoms with Gasteiger partial charge in [-0.1, -0.05) is 13.8 Å². The smallest absolute Gasteiger partial charge is 0.234 e. The average molecular weight is 269 g/mol. The quantitative estimate of drug-likeness (QED) is 0.659. The van der Waals surface area contributed by atoms with Crippen LogP contribution < -0.4 is 5.73 Å². The van der Waals surface area contributed by atoms with Crippen molar-refractivity contribution in [3.8, 4) is 0 Å². The van der Waals surface area contributed by atoms with Crippen LogP contribution in [0, 0.1) is 11.8 Å². The van der Waals surface area contributed by atoms with E-state index >= 15 is 0 Å². The summed E-state index contributed by atoms with van der Waals surface area (Å²) in [5, 5.41) is 0. The van der Waals surface area contributed by atoms with E-state index in [1.54, 1.807) is 11.9 Å². The van der Waals surface area contributed by atoms with Crippen molar-refractivity contribution in [3.05, 3.63) is 0 Å². The maximum Gasteiger partial charge on any atom is 0.234 e. The van der Waals surface area contributed by atoms with Crippen molar-refractivity contribution in [2.75, 3.05) is 27.2 Å². The minimum absolute atomic E-state index is 0.148. The SMILES string of the molecule is CC(C)C[C@H](C(N)=O)C(=O)N(C)CCN(C)C1CC1. The summed E-state index contributed by atoms with van der Waals surface area (Å²) in [6, 6.07) is 0.686. The molecule has 1 rings (SSSR count). The van der Waals surface area contributed by atoms with Crippen LogP contribution in [0.5, 0.6) is 0 Å². The van der Waals surface area contributed by atoms with E-state index in [4.69, 9.17) is 5.73 Å². The van der Waals surface area contributed by atoms with E-state index in [1.165, 1.54) is 12.8 Å². The highest BCUT2D eigenvalue weighted by molar-refractivity contribution is 5.99. The van der Waals surface area contributed by atoms with Crippen molar-refractivity contribution in [1.29, 1.82) is 0 Å². The lowest BCUT2D eigenvalue weighted by Crippen LogP contribution is -2.43. The number of nitrogens with zero attached hydrogens (tertiary/aromatic N) is 2. The first-order chi connectivity index (χ1) is 8.82. The lowest BCUT2D eigenvalue weighted by atomic mass is 9.95. The molecule has 0 aromatic heterocycles. The summed E-state index contributed by atoms with van der Waals surface area (Å²) in [5.74, 6) is -1.06. The van der Waals surface area contributed by atoms with E-state index in [0.29, 0.717) is 19.0 Å². The zero-order valence-electron chi connectivity index (χ0n) is 12.6. The summed E-state index contributed by atoms with van der Waals surface area (Å²) in [7, 11) is 3.83. The standard InChI is InChI=1S/C14H27N3O2/c1-10(2)9-12(13(15)18)14(19)17(4)8-7-16(3)11-5-6-11/h10-12H,5-9H2,1-4H3,(H2,15,18)/t12-/m1/s1. The first-order valence-corrected chi connectivity index (χ1v) is 7.07. The van der Waals surface area contributed by atoms with E-state index in [1.807, 2.05) is 13.8 Å². The van der Waals surface area contributed by atoms with Crippen molar-refractivity contribution < 1.29 is 9.59 Å². The van der Waals surface area contributed by atoms with Gasteiger partial charge in [-0.25, -0.2) is 0 Å². The van der Waals surface area contributed by atoms with Gasteiger partial charge in [0.05, 0.1) is 0 Å². The van der Waals surface area contributed by atoms with Gasteiger partial charge in [0.2, 0.25) is 11.8 Å². The Morgan fingerprint density at radius 2 is 1.79 bits per heavy atom. The first kappa shape index (κ1) is 16.0. The number of hydrogen-bond acceptors (Lipinski definition) is 3. The van der Waals surface area contributed by atoms with Gasteiger partial charge in [-0.05, 0) is 32.2 Å². The van der Waals surface area contributed by atoms with Crippen LogP contribution >= 0.6 is 0 Å². The van der Waals surface area contributed by atoms with E-state index < -0.39 is 11.8 Å². The van der Waals surface area contributed by atoms with Crippen molar-refractivity contribution in [3.63, 3.8) is 0 Å². The van der Waals surface area contributed by atoms with Gasteiger partial charge in [0.25, 0.3) is 0 Å². The molecule has 5 nitrogen and oxygen atoms in total. The summed E-state index contributed by atoms with van der Waals surface area (Å²) in [6.45, 7) is 5.47. The van der Waals surface area contributed by atoms with Crippen molar-refractivity contribution >= 4 is 11.8 Å². The predicted molar refractivity (Wildman–Crippen MR) is 75.4 cm³/mol. The molecule has 2 amide bonds. The summed E-state index contributed by atoms with van der Waals surface area (Å²) >= 11 is 0. The minimum atomic E-state index is -0.684. The van der Waals surface area contributed by atoms with Gasteiger partial charge in [0, 0.05) is 26.2 Å². The number of likely N-dealkylation sites (N-methyl/N-ethyl adjacent to an activating group) is 2. The maximum absolute atomic E-state index is 12.2. The molecule has 19 heavy (non-hydrogen) atoms. The molecule has 0 aromatic rings. The van der Waals surface area contributed by atoms with Crippen LogP contribution in [-0.4, -0.2) is 54.8 Å². The molecule has 0 spiro atoms. The summed E-state index contributed by atoms with van der Waals surface area (Å²) in [4.78, 5) is 27.5. The highest BCUT2D eigenvalue weighted by atomic mass is 16.2. The molecule has 0 aromatic carbocycles. The number of rotatable bonds is 8. The Bertz CT molecular complexity index is 327. The third kappa shape index (κ3) is 5.19. The normalized spacial score (nSPS) is 16.7. The molecule has 1 aliphatic carbocycles. The third-order valence-electron chi connectivity index (χ3n) is 3.68. The van der Waals surface area contributed by atoms with Gasteiger partial charge in [0.1, 0.15) is 5.92 Å². The van der Waals surface area contributed by atoms with Gasteiger partial charge in [-0.2, -0.15) is 0 Å². The number of amides is 2. The van der Waals surface area contributed by atoms with Crippen LogP contribution in [0.2, 0.25) is 0 Å². The molecule has 0 heterocycles. The van der Waals surface area contributed by atoms with E-state index in [2.05, 4.69) is 11.9 Å². The molecule has 2 N–H and O–H groups in total. The van der Waals surface area contributed by atoms with Crippen molar-refractivity contribution in [2.45, 2.75) is 39.2 Å². The molecule has 1 atom stereocenters. The second-order valence-corrected chi connectivity index (χ2v) is 6.06. The Hall–Kier alpha value is -1.10. The molecule has 0 radical (unpaired) electrons. The fourth-order valence-electron chi connectivity index (χ4n) is 2.19. The largest absolute Gasteiger partial charge is 0.369 e. The molecule has 1 saturated carbocycles. The van der Waals surface area contributed by atoms with E-state index in [9.17, 15) is 9.59 Å². The number of carbonyl (C=O) groups excluding carboxylic acids is 2. The Morgan fingerprint density at radius 1 is 1.21 bits per heavy atom. The molecule has 1 aliphatic rings. The zero-order chi connectivity index (χ0) is 14.6. The van der Waals surface area contributed by atoms with E-state index in [-0.39, 0.29) is 11.8 Å². The van der Waals surface area contributed by atoms with Crippen LogP contribution in [0.15, 0.2) is 0 Å². The minimum Gasteiger partial charge on any atom is -0.369 e. The monoisotopic (exact) mass is 269 g/mol. The molecule has 5 heteroatoms. The third-order valence-corrected chi connectivity index (χ3v) is 3.68. The number of hydrogen-bond donors (Lipinski definition) is 1. The summed E-state index contributed by atoms with van der Waals surface area (Å²) < 4.78 is 0. The average Bonchev–Trinajstić information content (AvgIpc) is 3.15. The molecule has 0 saturated heterocycles.